The number of rotatable bonds is 3. The maximum atomic E-state index is 8.25. The van der Waals surface area contributed by atoms with Gasteiger partial charge in [-0.2, -0.15) is 7.11 Å². The van der Waals surface area contributed by atoms with Crippen LogP contribution in [-0.2, 0) is 9.31 Å². The summed E-state index contributed by atoms with van der Waals surface area (Å²) >= 11 is 11.7. The molecule has 212 valence electrons. The molecule has 1 saturated heterocycles. The van der Waals surface area contributed by atoms with E-state index in [1.807, 2.05) is 27.7 Å². The van der Waals surface area contributed by atoms with Gasteiger partial charge in [0.15, 0.2) is 0 Å². The summed E-state index contributed by atoms with van der Waals surface area (Å²) in [6, 6.07) is 0.725. The fraction of sp³-hybridized carbons (Fsp3) is 0.478. The normalized spacial score (nSPS) is 13.6. The molecule has 16 heteroatoms. The third-order valence-corrected chi connectivity index (χ3v) is 5.74. The maximum absolute atomic E-state index is 8.25. The summed E-state index contributed by atoms with van der Waals surface area (Å²) in [7, 11) is 3.39. The van der Waals surface area contributed by atoms with Gasteiger partial charge >= 0.3 is 48.7 Å². The smallest absolute Gasteiger partial charge is 0.857 e. The quantitative estimate of drug-likeness (QED) is 0.287. The summed E-state index contributed by atoms with van der Waals surface area (Å²) < 4.78 is 23.1. The van der Waals surface area contributed by atoms with Crippen LogP contribution in [0.1, 0.15) is 42.5 Å². The van der Waals surface area contributed by atoms with Crippen molar-refractivity contribution in [1.82, 2.24) is 29.9 Å². The molecule has 0 aromatic carbocycles. The third kappa shape index (κ3) is 14.5. The largest absolute Gasteiger partial charge is 1.00 e. The first kappa shape index (κ1) is 42.5. The molecule has 4 heterocycles. The Bertz CT molecular complexity index is 1010. The Hall–Kier alpha value is -0.965. The van der Waals surface area contributed by atoms with E-state index in [1.165, 1.54) is 14.2 Å². The summed E-state index contributed by atoms with van der Waals surface area (Å²) in [4.78, 5) is 23.1. The van der Waals surface area contributed by atoms with Crippen LogP contribution >= 0.6 is 43.5 Å². The predicted octanol–water partition coefficient (Wildman–Crippen LogP) is 1.18. The van der Waals surface area contributed by atoms with E-state index in [4.69, 9.17) is 35.5 Å². The van der Waals surface area contributed by atoms with E-state index in [1.54, 1.807) is 37.2 Å². The zero-order valence-electron chi connectivity index (χ0n) is 21.9. The van der Waals surface area contributed by atoms with E-state index in [9.17, 15) is 0 Å². The van der Waals surface area contributed by atoms with Gasteiger partial charge in [0.1, 0.15) is 0 Å². The van der Waals surface area contributed by atoms with Crippen molar-refractivity contribution in [2.75, 3.05) is 21.3 Å². The van der Waals surface area contributed by atoms with Gasteiger partial charge in [0.05, 0.1) is 34.4 Å². The first-order valence-electron chi connectivity index (χ1n) is 10.2. The van der Waals surface area contributed by atoms with E-state index in [2.05, 4.69) is 61.8 Å². The zero-order valence-corrected chi connectivity index (χ0v) is 27.8. The van der Waals surface area contributed by atoms with Gasteiger partial charge in [0, 0.05) is 42.6 Å². The van der Waals surface area contributed by atoms with Gasteiger partial charge in [-0.15, -0.1) is 0 Å². The van der Waals surface area contributed by atoms with Crippen LogP contribution in [0.2, 0.25) is 5.28 Å². The Kier molecular flexibility index (Phi) is 22.7. The Balaban J connectivity index is -0.000000505. The molecule has 1 aliphatic heterocycles. The van der Waals surface area contributed by atoms with Crippen LogP contribution in [0.25, 0.3) is 0 Å². The van der Waals surface area contributed by atoms with Crippen molar-refractivity contribution in [3.05, 3.63) is 51.4 Å². The van der Waals surface area contributed by atoms with E-state index in [-0.39, 0.29) is 60.9 Å². The summed E-state index contributed by atoms with van der Waals surface area (Å²) in [5.41, 5.74) is 0.0966. The van der Waals surface area contributed by atoms with Crippen molar-refractivity contribution in [3.63, 3.8) is 0 Å². The molecule has 0 saturated carbocycles. The summed E-state index contributed by atoms with van der Waals surface area (Å²) in [6.45, 7) is 8.05. The van der Waals surface area contributed by atoms with Gasteiger partial charge < -0.3 is 23.9 Å². The molecule has 11 nitrogen and oxygen atoms in total. The van der Waals surface area contributed by atoms with Crippen LogP contribution < -0.4 is 49.6 Å². The maximum Gasteiger partial charge on any atom is 1.00 e. The Labute approximate surface area is 275 Å². The van der Waals surface area contributed by atoms with Gasteiger partial charge in [-0.25, -0.2) is 29.9 Å². The molecule has 39 heavy (non-hydrogen) atoms. The van der Waals surface area contributed by atoms with Gasteiger partial charge in [-0.3, -0.25) is 0 Å². The number of nitrogens with zero attached hydrogens (tertiary/aromatic N) is 6. The van der Waals surface area contributed by atoms with Gasteiger partial charge in [0.25, 0.3) is 0 Å². The molecule has 0 bridgehead atoms. The molecule has 0 N–H and O–H groups in total. The van der Waals surface area contributed by atoms with E-state index in [0.717, 1.165) is 21.5 Å². The number of ether oxygens (including phenoxy) is 2. The second kappa shape index (κ2) is 20.8. The molecule has 1 fully saturated rings. The predicted molar refractivity (Wildman–Crippen MR) is 155 cm³/mol. The third-order valence-electron chi connectivity index (χ3n) is 4.72. The summed E-state index contributed by atoms with van der Waals surface area (Å²) in [5, 5.41) is 8.52. The molecule has 0 aliphatic carbocycles. The standard InChI is InChI=1S/C11H17BN2O3.C5H5BrN2O.C4H2BrClN2.CH3O.2CH4.Na/c1-10(2)11(3,4)17-12(16-10)8-6-13-9(15-5)14-7-8;1-9-5-7-2-4(6)3-8-5;5-3-1-7-4(6)8-2-3;1-2;;;/h6-7H,1-5H3;2-3H,1H3;1-2H;1H3;2*1H4;/q;;;-1;;;+1. The molecule has 3 aromatic heterocycles. The number of aromatic nitrogens is 6. The van der Waals surface area contributed by atoms with Crippen LogP contribution in [0.5, 0.6) is 12.0 Å². The molecule has 0 spiro atoms. The van der Waals surface area contributed by atoms with Crippen molar-refractivity contribution >= 4 is 56.0 Å². The molecule has 0 unspecified atom stereocenters. The first-order chi connectivity index (χ1) is 17.0. The Morgan fingerprint density at radius 3 is 1.33 bits per heavy atom. The van der Waals surface area contributed by atoms with Crippen molar-refractivity contribution < 1.29 is 53.4 Å². The fourth-order valence-electron chi connectivity index (χ4n) is 2.23. The topological polar surface area (TPSA) is 137 Å². The Morgan fingerprint density at radius 2 is 1.03 bits per heavy atom. The number of methoxy groups -OCH3 is 2. The zero-order chi connectivity index (χ0) is 27.4. The van der Waals surface area contributed by atoms with E-state index < -0.39 is 7.12 Å². The molecule has 0 amide bonds. The van der Waals surface area contributed by atoms with Gasteiger partial charge in [-0.1, -0.05) is 14.9 Å². The van der Waals surface area contributed by atoms with Crippen LogP contribution in [0, 0.1) is 0 Å². The van der Waals surface area contributed by atoms with Crippen molar-refractivity contribution in [2.24, 2.45) is 0 Å². The molecular weight excluding hydrogens is 669 g/mol. The van der Waals surface area contributed by atoms with Crippen LogP contribution in [-0.4, -0.2) is 69.6 Å². The average Bonchev–Trinajstić information content (AvgIpc) is 3.10. The van der Waals surface area contributed by atoms with Crippen LogP contribution in [0.3, 0.4) is 0 Å². The fourth-order valence-corrected chi connectivity index (χ4v) is 2.74. The van der Waals surface area contributed by atoms with Crippen LogP contribution in [0.15, 0.2) is 46.1 Å². The minimum Gasteiger partial charge on any atom is -0.857 e. The van der Waals surface area contributed by atoms with E-state index in [0.29, 0.717) is 12.0 Å². The summed E-state index contributed by atoms with van der Waals surface area (Å²) in [5.74, 6) is 0. The molecular formula is C23H35BBr2ClN6NaO5. The molecule has 3 aromatic rings. The van der Waals surface area contributed by atoms with E-state index >= 15 is 0 Å². The molecule has 4 rings (SSSR count). The molecule has 0 atom stereocenters. The second-order valence-electron chi connectivity index (χ2n) is 7.65. The number of halogens is 3. The molecule has 0 radical (unpaired) electrons. The minimum absolute atomic E-state index is 0. The summed E-state index contributed by atoms with van der Waals surface area (Å²) in [6.07, 6.45) is 9.77. The molecule has 1 aliphatic rings. The van der Waals surface area contributed by atoms with Crippen molar-refractivity contribution in [1.29, 1.82) is 0 Å². The Morgan fingerprint density at radius 1 is 0.718 bits per heavy atom. The van der Waals surface area contributed by atoms with Gasteiger partial charge in [-0.05, 0) is 71.2 Å². The number of hydrogen-bond acceptors (Lipinski definition) is 11. The van der Waals surface area contributed by atoms with Crippen molar-refractivity contribution in [3.8, 4) is 12.0 Å². The van der Waals surface area contributed by atoms with Crippen molar-refractivity contribution in [2.45, 2.75) is 53.8 Å². The van der Waals surface area contributed by atoms with Gasteiger partial charge in [0.2, 0.25) is 5.28 Å². The minimum atomic E-state index is -0.425. The average molecular weight is 705 g/mol. The SMILES string of the molecule is C.C.COc1ncc(B2OC(C)(C)C(C)(C)O2)cn1.COc1ncc(Br)cn1.C[O-].Clc1ncc(Br)cn1.[Na+]. The monoisotopic (exact) mass is 702 g/mol. The van der Waals surface area contributed by atoms with Crippen LogP contribution in [0.4, 0.5) is 0 Å². The first-order valence-corrected chi connectivity index (χ1v) is 12.2. The second-order valence-corrected chi connectivity index (χ2v) is 9.82. The number of hydrogen-bond donors (Lipinski definition) is 0.